The number of nitrogens with zero attached hydrogens (tertiary/aromatic N) is 3. The van der Waals surface area contributed by atoms with Crippen LogP contribution in [0, 0.1) is 0 Å². The number of fused-ring (bicyclic) bond motifs is 13. The first-order valence-corrected chi connectivity index (χ1v) is 16.5. The monoisotopic (exact) mass is 607 g/mol. The van der Waals surface area contributed by atoms with E-state index in [1.807, 2.05) is 35.7 Å². The molecule has 5 heterocycles. The SMILES string of the molecule is C1=CC2c3c(ccc4c3sc3ccccc34)N(c3ccc4c(c3)c3cccnc3n4-c3ccc4oc5ccccc5c4c3)C2C=C1. The van der Waals surface area contributed by atoms with Crippen molar-refractivity contribution in [1.29, 1.82) is 0 Å². The molecule has 46 heavy (non-hydrogen) atoms. The van der Waals surface area contributed by atoms with Crippen LogP contribution in [0.3, 0.4) is 0 Å². The number of rotatable bonds is 2. The molecule has 5 heteroatoms. The van der Waals surface area contributed by atoms with Gasteiger partial charge in [-0.1, -0.05) is 66.8 Å². The number of benzene rings is 5. The van der Waals surface area contributed by atoms with Crippen molar-refractivity contribution in [1.82, 2.24) is 9.55 Å². The lowest BCUT2D eigenvalue weighted by Gasteiger charge is -2.28. The average molecular weight is 608 g/mol. The summed E-state index contributed by atoms with van der Waals surface area (Å²) in [6.07, 6.45) is 11.1. The Morgan fingerprint density at radius 2 is 1.43 bits per heavy atom. The number of furan rings is 1. The fourth-order valence-electron chi connectivity index (χ4n) is 8.01. The first kappa shape index (κ1) is 24.6. The van der Waals surface area contributed by atoms with Gasteiger partial charge >= 0.3 is 0 Å². The Balaban J connectivity index is 1.13. The Hall–Kier alpha value is -5.65. The molecule has 0 radical (unpaired) electrons. The van der Waals surface area contributed by atoms with Crippen LogP contribution >= 0.6 is 11.3 Å². The molecule has 0 bridgehead atoms. The van der Waals surface area contributed by atoms with Crippen molar-refractivity contribution in [3.8, 4) is 5.69 Å². The zero-order valence-corrected chi connectivity index (χ0v) is 25.4. The van der Waals surface area contributed by atoms with Crippen LogP contribution in [-0.4, -0.2) is 15.6 Å². The first-order valence-electron chi connectivity index (χ1n) is 15.7. The zero-order chi connectivity index (χ0) is 29.9. The standard InChI is InChI=1S/C41H25N3OS/c1-4-12-33-30(10-1)39-35(19-17-28-27-9-3-6-14-38(27)46-40(28)39)43(33)24-15-18-34-31(22-24)29-11-7-21-42-41(29)44(34)25-16-20-37-32(23-25)26-8-2-5-13-36(26)45-37/h1-23,30,33H. The van der Waals surface area contributed by atoms with Gasteiger partial charge in [0, 0.05) is 76.5 Å². The summed E-state index contributed by atoms with van der Waals surface area (Å²) in [4.78, 5) is 7.46. The van der Waals surface area contributed by atoms with Crippen molar-refractivity contribution in [2.75, 3.05) is 4.90 Å². The number of para-hydroxylation sites is 1. The van der Waals surface area contributed by atoms with Crippen LogP contribution in [0.15, 0.2) is 144 Å². The van der Waals surface area contributed by atoms with Crippen LogP contribution in [0.2, 0.25) is 0 Å². The lowest BCUT2D eigenvalue weighted by molar-refractivity contribution is 0.669. The van der Waals surface area contributed by atoms with Crippen molar-refractivity contribution in [3.05, 3.63) is 145 Å². The van der Waals surface area contributed by atoms with Gasteiger partial charge in [-0.2, -0.15) is 0 Å². The van der Waals surface area contributed by atoms with Crippen LogP contribution in [0.25, 0.3) is 69.7 Å². The van der Waals surface area contributed by atoms with Gasteiger partial charge in [-0.3, -0.25) is 4.57 Å². The third-order valence-corrected chi connectivity index (χ3v) is 11.2. The molecule has 2 unspecified atom stereocenters. The topological polar surface area (TPSA) is 34.2 Å². The summed E-state index contributed by atoms with van der Waals surface area (Å²) >= 11 is 1.92. The molecule has 2 aliphatic rings. The van der Waals surface area contributed by atoms with Crippen LogP contribution in [0.5, 0.6) is 0 Å². The number of thiophene rings is 1. The zero-order valence-electron chi connectivity index (χ0n) is 24.6. The molecule has 216 valence electrons. The molecule has 4 aromatic heterocycles. The normalized spacial score (nSPS) is 17.3. The maximum absolute atomic E-state index is 6.15. The number of allylic oxidation sites excluding steroid dienone is 2. The predicted octanol–water partition coefficient (Wildman–Crippen LogP) is 11.2. The summed E-state index contributed by atoms with van der Waals surface area (Å²) in [5.74, 6) is 0.298. The van der Waals surface area contributed by atoms with Crippen molar-refractivity contribution < 1.29 is 4.42 Å². The molecule has 11 rings (SSSR count). The van der Waals surface area contributed by atoms with Gasteiger partial charge in [0.2, 0.25) is 0 Å². The van der Waals surface area contributed by atoms with Gasteiger partial charge in [-0.15, -0.1) is 11.3 Å². The van der Waals surface area contributed by atoms with Crippen LogP contribution in [0.1, 0.15) is 11.5 Å². The highest BCUT2D eigenvalue weighted by molar-refractivity contribution is 7.26. The first-order chi connectivity index (χ1) is 22.8. The number of hydrogen-bond acceptors (Lipinski definition) is 4. The third-order valence-electron chi connectivity index (χ3n) is 9.97. The Kier molecular flexibility index (Phi) is 4.80. The molecule has 1 aliphatic heterocycles. The van der Waals surface area contributed by atoms with E-state index in [1.54, 1.807) is 0 Å². The average Bonchev–Trinajstić information content (AvgIpc) is 3.85. The molecule has 0 N–H and O–H groups in total. The molecule has 4 nitrogen and oxygen atoms in total. The Bertz CT molecular complexity index is 2790. The van der Waals surface area contributed by atoms with Crippen molar-refractivity contribution in [2.24, 2.45) is 0 Å². The van der Waals surface area contributed by atoms with Crippen molar-refractivity contribution in [3.63, 3.8) is 0 Å². The van der Waals surface area contributed by atoms with Gasteiger partial charge < -0.3 is 9.32 Å². The summed E-state index contributed by atoms with van der Waals surface area (Å²) in [6.45, 7) is 0. The molecule has 2 atom stereocenters. The fraction of sp³-hybridized carbons (Fsp3) is 0.0488. The van der Waals surface area contributed by atoms with E-state index in [-0.39, 0.29) is 6.04 Å². The van der Waals surface area contributed by atoms with Crippen LogP contribution < -0.4 is 4.90 Å². The minimum Gasteiger partial charge on any atom is -0.456 e. The molecule has 0 amide bonds. The summed E-state index contributed by atoms with van der Waals surface area (Å²) in [7, 11) is 0. The summed E-state index contributed by atoms with van der Waals surface area (Å²) < 4.78 is 11.2. The Morgan fingerprint density at radius 3 is 2.41 bits per heavy atom. The summed E-state index contributed by atoms with van der Waals surface area (Å²) in [5, 5.41) is 7.28. The van der Waals surface area contributed by atoms with Gasteiger partial charge in [0.1, 0.15) is 16.8 Å². The maximum Gasteiger partial charge on any atom is 0.145 e. The van der Waals surface area contributed by atoms with Gasteiger partial charge in [-0.05, 0) is 66.7 Å². The van der Waals surface area contributed by atoms with Gasteiger partial charge in [0.15, 0.2) is 0 Å². The van der Waals surface area contributed by atoms with Crippen molar-refractivity contribution in [2.45, 2.75) is 12.0 Å². The number of anilines is 2. The Labute approximate surface area is 267 Å². The predicted molar refractivity (Wildman–Crippen MR) is 192 cm³/mol. The number of hydrogen-bond donors (Lipinski definition) is 0. The van der Waals surface area contributed by atoms with E-state index < -0.39 is 0 Å². The second-order valence-corrected chi connectivity index (χ2v) is 13.4. The highest BCUT2D eigenvalue weighted by Gasteiger charge is 2.39. The Morgan fingerprint density at radius 1 is 0.630 bits per heavy atom. The van der Waals surface area contributed by atoms with E-state index in [4.69, 9.17) is 9.40 Å². The van der Waals surface area contributed by atoms with E-state index in [0.717, 1.165) is 44.2 Å². The van der Waals surface area contributed by atoms with Crippen LogP contribution in [0.4, 0.5) is 11.4 Å². The van der Waals surface area contributed by atoms with E-state index in [9.17, 15) is 0 Å². The second kappa shape index (κ2) is 8.96. The van der Waals surface area contributed by atoms with E-state index in [1.165, 1.54) is 42.5 Å². The molecular formula is C41H25N3OS. The van der Waals surface area contributed by atoms with Crippen LogP contribution in [-0.2, 0) is 0 Å². The van der Waals surface area contributed by atoms with E-state index in [2.05, 4.69) is 125 Å². The molecule has 0 saturated carbocycles. The highest BCUT2D eigenvalue weighted by atomic mass is 32.1. The fourth-order valence-corrected chi connectivity index (χ4v) is 9.30. The second-order valence-electron chi connectivity index (χ2n) is 12.3. The number of pyridine rings is 1. The van der Waals surface area contributed by atoms with Gasteiger partial charge in [-0.25, -0.2) is 4.98 Å². The maximum atomic E-state index is 6.15. The largest absolute Gasteiger partial charge is 0.456 e. The molecule has 0 saturated heterocycles. The summed E-state index contributed by atoms with van der Waals surface area (Å²) in [6, 6.07) is 39.6. The molecule has 0 spiro atoms. The molecular weight excluding hydrogens is 583 g/mol. The third kappa shape index (κ3) is 3.20. The lowest BCUT2D eigenvalue weighted by atomic mass is 9.90. The van der Waals surface area contributed by atoms with E-state index in [0.29, 0.717) is 5.92 Å². The smallest absolute Gasteiger partial charge is 0.145 e. The molecule has 0 fully saturated rings. The van der Waals surface area contributed by atoms with Gasteiger partial charge in [0.05, 0.1) is 11.6 Å². The van der Waals surface area contributed by atoms with Gasteiger partial charge in [0.25, 0.3) is 0 Å². The lowest BCUT2D eigenvalue weighted by Crippen LogP contribution is -2.28. The minimum absolute atomic E-state index is 0.219. The minimum atomic E-state index is 0.219. The van der Waals surface area contributed by atoms with Crippen molar-refractivity contribution >= 4 is 86.8 Å². The summed E-state index contributed by atoms with van der Waals surface area (Å²) in [5.41, 5.74) is 8.89. The molecule has 9 aromatic rings. The molecule has 1 aliphatic carbocycles. The highest BCUT2D eigenvalue weighted by Crippen LogP contribution is 2.53. The molecule has 5 aromatic carbocycles. The van der Waals surface area contributed by atoms with E-state index >= 15 is 0 Å². The number of aromatic nitrogens is 2. The quantitative estimate of drug-likeness (QED) is 0.196.